The maximum absolute atomic E-state index is 14.7. The van der Waals surface area contributed by atoms with E-state index in [9.17, 15) is 14.4 Å². The number of para-hydroxylation sites is 1. The van der Waals surface area contributed by atoms with Crippen LogP contribution in [0.2, 0.25) is 0 Å². The lowest BCUT2D eigenvalue weighted by Crippen LogP contribution is -2.47. The molecule has 0 spiro atoms. The number of nitriles is 1. The monoisotopic (exact) mass is 481 g/mol. The molecule has 176 valence electrons. The minimum Gasteiger partial charge on any atom is -0.497 e. The van der Waals surface area contributed by atoms with Crippen LogP contribution in [0.5, 0.6) is 11.5 Å². The number of thioether (sulfide) groups is 1. The lowest BCUT2D eigenvalue weighted by atomic mass is 9.98. The van der Waals surface area contributed by atoms with Gasteiger partial charge in [-0.2, -0.15) is 5.26 Å². The van der Waals surface area contributed by atoms with Gasteiger partial charge in [0.25, 0.3) is 0 Å². The van der Waals surface area contributed by atoms with Gasteiger partial charge in [0.1, 0.15) is 29.5 Å². The highest BCUT2D eigenvalue weighted by Crippen LogP contribution is 2.39. The van der Waals surface area contributed by atoms with E-state index in [1.165, 1.54) is 6.07 Å². The Morgan fingerprint density at radius 3 is 2.59 bits per heavy atom. The maximum atomic E-state index is 14.7. The molecule has 1 amide bonds. The molecule has 1 aromatic heterocycles. The van der Waals surface area contributed by atoms with E-state index in [1.807, 2.05) is 0 Å². The molecule has 8 nitrogen and oxygen atoms in total. The van der Waals surface area contributed by atoms with Crippen LogP contribution in [-0.2, 0) is 11.4 Å². The highest BCUT2D eigenvalue weighted by Gasteiger charge is 2.43. The Hall–Kier alpha value is -3.58. The van der Waals surface area contributed by atoms with Gasteiger partial charge in [-0.05, 0) is 62.1 Å². The summed E-state index contributed by atoms with van der Waals surface area (Å²) in [5.41, 5.74) is -0.627. The molecule has 2 aromatic carbocycles. The van der Waals surface area contributed by atoms with Gasteiger partial charge in [0.05, 0.1) is 24.6 Å². The number of nitrogens with one attached hydrogen (secondary N) is 1. The molecular weight excluding hydrogens is 457 g/mol. The van der Waals surface area contributed by atoms with E-state index >= 15 is 0 Å². The Morgan fingerprint density at radius 1 is 1.24 bits per heavy atom. The summed E-state index contributed by atoms with van der Waals surface area (Å²) in [4.78, 5) is 12.6. The molecule has 0 saturated heterocycles. The molecule has 0 aliphatic heterocycles. The van der Waals surface area contributed by atoms with Gasteiger partial charge in [0, 0.05) is 0 Å². The summed E-state index contributed by atoms with van der Waals surface area (Å²) >= 11 is 1.12. The van der Waals surface area contributed by atoms with Gasteiger partial charge >= 0.3 is 0 Å². The Bertz CT molecular complexity index is 1210. The number of amides is 1. The Morgan fingerprint density at radius 2 is 1.94 bits per heavy atom. The first-order valence-corrected chi connectivity index (χ1v) is 11.7. The summed E-state index contributed by atoms with van der Waals surface area (Å²) in [6.45, 7) is 1.78. The molecule has 1 aliphatic rings. The first-order valence-electron chi connectivity index (χ1n) is 10.7. The lowest BCUT2D eigenvalue weighted by Gasteiger charge is -2.22. The van der Waals surface area contributed by atoms with Crippen molar-refractivity contribution in [2.75, 3.05) is 12.9 Å². The quantitative estimate of drug-likeness (QED) is 0.438. The third-order valence-electron chi connectivity index (χ3n) is 5.58. The molecule has 0 radical (unpaired) electrons. The molecule has 4 rings (SSSR count). The van der Waals surface area contributed by atoms with Crippen molar-refractivity contribution in [2.45, 2.75) is 37.1 Å². The Balaban J connectivity index is 1.51. The number of ether oxygens (including phenoxy) is 2. The van der Waals surface area contributed by atoms with Crippen molar-refractivity contribution >= 4 is 17.7 Å². The third-order valence-corrected chi connectivity index (χ3v) is 6.51. The average Bonchev–Trinajstić information content (AvgIpc) is 3.64. The molecule has 1 fully saturated rings. The Labute approximate surface area is 201 Å². The number of nitrogens with zero attached hydrogens (tertiary/aromatic N) is 4. The smallest absolute Gasteiger partial charge is 0.231 e. The lowest BCUT2D eigenvalue weighted by molar-refractivity contribution is -0.119. The van der Waals surface area contributed by atoms with Crippen LogP contribution in [0.15, 0.2) is 53.7 Å². The van der Waals surface area contributed by atoms with Crippen LogP contribution >= 0.6 is 11.8 Å². The van der Waals surface area contributed by atoms with E-state index < -0.39 is 11.4 Å². The number of hydrogen-bond donors (Lipinski definition) is 1. The Kier molecular flexibility index (Phi) is 7.03. The summed E-state index contributed by atoms with van der Waals surface area (Å²) in [6.07, 6.45) is 1.85. The summed E-state index contributed by atoms with van der Waals surface area (Å²) < 4.78 is 27.2. The SMILES string of the molecule is COc1ccc(OCc2nnc(SCC(=O)NC(C)(C#N)C3CC3)n2-c2ccccc2F)cc1. The fourth-order valence-electron chi connectivity index (χ4n) is 3.52. The summed E-state index contributed by atoms with van der Waals surface area (Å²) in [5.74, 6) is 1.11. The first kappa shape index (κ1) is 23.6. The van der Waals surface area contributed by atoms with Crippen molar-refractivity contribution in [1.29, 1.82) is 5.26 Å². The van der Waals surface area contributed by atoms with Crippen LogP contribution in [0.4, 0.5) is 4.39 Å². The molecule has 1 aliphatic carbocycles. The van der Waals surface area contributed by atoms with Crippen molar-refractivity contribution in [3.05, 3.63) is 60.2 Å². The van der Waals surface area contributed by atoms with E-state index in [1.54, 1.807) is 61.1 Å². The van der Waals surface area contributed by atoms with Gasteiger partial charge in [0.2, 0.25) is 5.91 Å². The second-order valence-electron chi connectivity index (χ2n) is 8.08. The predicted molar refractivity (Wildman–Crippen MR) is 124 cm³/mol. The summed E-state index contributed by atoms with van der Waals surface area (Å²) in [6, 6.07) is 15.5. The highest BCUT2D eigenvalue weighted by molar-refractivity contribution is 7.99. The summed E-state index contributed by atoms with van der Waals surface area (Å²) in [7, 11) is 1.58. The molecule has 10 heteroatoms. The zero-order valence-electron chi connectivity index (χ0n) is 18.8. The summed E-state index contributed by atoms with van der Waals surface area (Å²) in [5, 5.41) is 21.0. The standard InChI is InChI=1S/C24H24FN5O3S/c1-24(15-26,16-7-8-16)27-22(31)14-34-23-29-28-21(30(23)20-6-4-3-5-19(20)25)13-33-18-11-9-17(32-2)10-12-18/h3-6,9-12,16H,7-8,13-14H2,1-2H3,(H,27,31). The minimum absolute atomic E-state index is 0.00983. The van der Waals surface area contributed by atoms with Gasteiger partial charge in [-0.15, -0.1) is 10.2 Å². The van der Waals surface area contributed by atoms with Crippen molar-refractivity contribution in [1.82, 2.24) is 20.1 Å². The molecule has 34 heavy (non-hydrogen) atoms. The largest absolute Gasteiger partial charge is 0.497 e. The minimum atomic E-state index is -0.881. The number of rotatable bonds is 10. The van der Waals surface area contributed by atoms with E-state index in [0.717, 1.165) is 24.6 Å². The molecule has 0 bridgehead atoms. The maximum Gasteiger partial charge on any atom is 0.231 e. The number of benzene rings is 2. The van der Waals surface area contributed by atoms with E-state index in [2.05, 4.69) is 21.6 Å². The van der Waals surface area contributed by atoms with Crippen LogP contribution in [-0.4, -0.2) is 39.1 Å². The number of aromatic nitrogens is 3. The predicted octanol–water partition coefficient (Wildman–Crippen LogP) is 3.89. The van der Waals surface area contributed by atoms with Crippen molar-refractivity contribution in [3.63, 3.8) is 0 Å². The third kappa shape index (κ3) is 5.31. The second kappa shape index (κ2) is 10.1. The molecule has 1 saturated carbocycles. The van der Waals surface area contributed by atoms with Crippen LogP contribution in [0.25, 0.3) is 5.69 Å². The van der Waals surface area contributed by atoms with Crippen LogP contribution in [0.1, 0.15) is 25.6 Å². The molecule has 1 unspecified atom stereocenters. The van der Waals surface area contributed by atoms with Crippen LogP contribution in [0.3, 0.4) is 0 Å². The van der Waals surface area contributed by atoms with Gasteiger partial charge in [0.15, 0.2) is 11.0 Å². The van der Waals surface area contributed by atoms with Gasteiger partial charge < -0.3 is 14.8 Å². The van der Waals surface area contributed by atoms with Crippen molar-refractivity contribution in [2.24, 2.45) is 5.92 Å². The second-order valence-corrected chi connectivity index (χ2v) is 9.02. The fraction of sp³-hybridized carbons (Fsp3) is 0.333. The topological polar surface area (TPSA) is 102 Å². The molecule has 1 atom stereocenters. The zero-order valence-corrected chi connectivity index (χ0v) is 19.6. The fourth-order valence-corrected chi connectivity index (χ4v) is 4.28. The average molecular weight is 482 g/mol. The number of halogens is 1. The molecule has 3 aromatic rings. The van der Waals surface area contributed by atoms with Gasteiger partial charge in [-0.25, -0.2) is 4.39 Å². The van der Waals surface area contributed by atoms with Crippen LogP contribution in [0, 0.1) is 23.1 Å². The molecule has 1 heterocycles. The number of carbonyl (C=O) groups excluding carboxylic acids is 1. The number of hydrogen-bond acceptors (Lipinski definition) is 7. The van der Waals surface area contributed by atoms with E-state index in [4.69, 9.17) is 9.47 Å². The molecule has 1 N–H and O–H groups in total. The van der Waals surface area contributed by atoms with E-state index in [-0.39, 0.29) is 29.9 Å². The van der Waals surface area contributed by atoms with Crippen LogP contribution < -0.4 is 14.8 Å². The number of carbonyl (C=O) groups is 1. The van der Waals surface area contributed by atoms with Gasteiger partial charge in [-0.1, -0.05) is 23.9 Å². The van der Waals surface area contributed by atoms with E-state index in [0.29, 0.717) is 22.5 Å². The van der Waals surface area contributed by atoms with Gasteiger partial charge in [-0.3, -0.25) is 9.36 Å². The van der Waals surface area contributed by atoms with Crippen molar-refractivity contribution < 1.29 is 18.7 Å². The normalized spacial score (nSPS) is 14.6. The molecular formula is C24H24FN5O3S. The number of methoxy groups -OCH3 is 1. The zero-order chi connectivity index (χ0) is 24.1. The van der Waals surface area contributed by atoms with Crippen molar-refractivity contribution in [3.8, 4) is 23.3 Å². The first-order chi connectivity index (χ1) is 16.4. The highest BCUT2D eigenvalue weighted by atomic mass is 32.2.